The van der Waals surface area contributed by atoms with Crippen molar-refractivity contribution in [3.8, 4) is 6.07 Å². The molecule has 3 atom stereocenters. The minimum absolute atomic E-state index is 0.00353. The SMILES string of the molecule is CC(C)(C)CC1NC(C(=O)NCC(C)(C)CO)CC1(C#N)c1ccc(Cl)cc1. The molecule has 1 saturated heterocycles. The van der Waals surface area contributed by atoms with Gasteiger partial charge in [0.15, 0.2) is 0 Å². The van der Waals surface area contributed by atoms with E-state index in [4.69, 9.17) is 11.6 Å². The van der Waals surface area contributed by atoms with Crippen molar-refractivity contribution in [1.82, 2.24) is 10.6 Å². The van der Waals surface area contributed by atoms with E-state index in [0.717, 1.165) is 12.0 Å². The van der Waals surface area contributed by atoms with Crippen molar-refractivity contribution in [3.05, 3.63) is 34.9 Å². The van der Waals surface area contributed by atoms with Crippen LogP contribution in [0.2, 0.25) is 5.02 Å². The number of carbonyl (C=O) groups excluding carboxylic acids is 1. The normalized spacial score (nSPS) is 25.4. The van der Waals surface area contributed by atoms with E-state index in [1.165, 1.54) is 0 Å². The maximum absolute atomic E-state index is 12.8. The van der Waals surface area contributed by atoms with Crippen molar-refractivity contribution in [2.45, 2.75) is 65.0 Å². The standard InChI is InChI=1S/C22H32ClN3O2/c1-20(2,3)11-18-22(12-24,15-6-8-16(23)9-7-15)10-17(26-18)19(28)25-13-21(4,5)14-27/h6-9,17-18,26-27H,10-11,13-14H2,1-5H3,(H,25,28). The predicted octanol–water partition coefficient (Wildman–Crippen LogP) is 3.40. The number of amides is 1. The van der Waals surface area contributed by atoms with Gasteiger partial charge in [0.1, 0.15) is 0 Å². The van der Waals surface area contributed by atoms with Crippen LogP contribution in [-0.4, -0.2) is 36.2 Å². The smallest absolute Gasteiger partial charge is 0.237 e. The monoisotopic (exact) mass is 405 g/mol. The van der Waals surface area contributed by atoms with Crippen LogP contribution in [0.25, 0.3) is 0 Å². The highest BCUT2D eigenvalue weighted by atomic mass is 35.5. The van der Waals surface area contributed by atoms with Gasteiger partial charge in [-0.25, -0.2) is 0 Å². The quantitative estimate of drug-likeness (QED) is 0.677. The molecule has 0 radical (unpaired) electrons. The van der Waals surface area contributed by atoms with Crippen molar-refractivity contribution in [2.24, 2.45) is 10.8 Å². The summed E-state index contributed by atoms with van der Waals surface area (Å²) < 4.78 is 0. The molecular formula is C22H32ClN3O2. The van der Waals surface area contributed by atoms with Crippen LogP contribution in [0.15, 0.2) is 24.3 Å². The molecule has 0 aromatic heterocycles. The Bertz CT molecular complexity index is 734. The van der Waals surface area contributed by atoms with Crippen LogP contribution >= 0.6 is 11.6 Å². The highest BCUT2D eigenvalue weighted by Gasteiger charge is 2.51. The van der Waals surface area contributed by atoms with Gasteiger partial charge in [0, 0.05) is 29.6 Å². The number of halogens is 1. The minimum Gasteiger partial charge on any atom is -0.396 e. The molecule has 0 spiro atoms. The third-order valence-electron chi connectivity index (χ3n) is 5.38. The van der Waals surface area contributed by atoms with Crippen LogP contribution in [0, 0.1) is 22.2 Å². The van der Waals surface area contributed by atoms with Crippen molar-refractivity contribution in [1.29, 1.82) is 5.26 Å². The van der Waals surface area contributed by atoms with E-state index in [1.54, 1.807) is 12.1 Å². The molecule has 3 unspecified atom stereocenters. The van der Waals surface area contributed by atoms with E-state index < -0.39 is 11.5 Å². The minimum atomic E-state index is -0.799. The average molecular weight is 406 g/mol. The van der Waals surface area contributed by atoms with E-state index in [2.05, 4.69) is 37.5 Å². The molecule has 2 rings (SSSR count). The number of nitrogens with one attached hydrogen (secondary N) is 2. The third kappa shape index (κ3) is 5.26. The van der Waals surface area contributed by atoms with E-state index in [1.807, 2.05) is 26.0 Å². The molecule has 1 aliphatic heterocycles. The fraction of sp³-hybridized carbons (Fsp3) is 0.636. The van der Waals surface area contributed by atoms with E-state index in [0.29, 0.717) is 18.0 Å². The Balaban J connectivity index is 2.30. The summed E-state index contributed by atoms with van der Waals surface area (Å²) in [5.41, 5.74) is -0.308. The summed E-state index contributed by atoms with van der Waals surface area (Å²) in [5, 5.41) is 26.6. The Morgan fingerprint density at radius 1 is 1.32 bits per heavy atom. The number of nitriles is 1. The Kier molecular flexibility index (Phi) is 6.81. The lowest BCUT2D eigenvalue weighted by molar-refractivity contribution is -0.123. The molecule has 1 aromatic carbocycles. The molecule has 154 valence electrons. The van der Waals surface area contributed by atoms with E-state index in [-0.39, 0.29) is 29.4 Å². The Hall–Kier alpha value is -1.61. The number of hydrogen-bond acceptors (Lipinski definition) is 4. The highest BCUT2D eigenvalue weighted by molar-refractivity contribution is 6.30. The topological polar surface area (TPSA) is 85.2 Å². The lowest BCUT2D eigenvalue weighted by Gasteiger charge is -2.33. The first kappa shape index (κ1) is 22.7. The van der Waals surface area contributed by atoms with E-state index >= 15 is 0 Å². The first-order chi connectivity index (χ1) is 12.9. The van der Waals surface area contributed by atoms with Gasteiger partial charge in [-0.2, -0.15) is 5.26 Å². The summed E-state index contributed by atoms with van der Waals surface area (Å²) in [6, 6.07) is 9.27. The zero-order chi connectivity index (χ0) is 21.2. The molecule has 28 heavy (non-hydrogen) atoms. The lowest BCUT2D eigenvalue weighted by Crippen LogP contribution is -2.47. The molecular weight excluding hydrogens is 374 g/mol. The van der Waals surface area contributed by atoms with Crippen LogP contribution in [0.4, 0.5) is 0 Å². The van der Waals surface area contributed by atoms with Crippen LogP contribution in [0.3, 0.4) is 0 Å². The highest BCUT2D eigenvalue weighted by Crippen LogP contribution is 2.42. The Labute approximate surface area is 173 Å². The molecule has 0 aliphatic carbocycles. The van der Waals surface area contributed by atoms with E-state index in [9.17, 15) is 15.2 Å². The fourth-order valence-electron chi connectivity index (χ4n) is 3.68. The number of hydrogen-bond donors (Lipinski definition) is 3. The molecule has 0 bridgehead atoms. The summed E-state index contributed by atoms with van der Waals surface area (Å²) >= 11 is 6.04. The molecule has 1 fully saturated rings. The molecule has 1 aromatic rings. The molecule has 1 amide bonds. The van der Waals surface area contributed by atoms with Gasteiger partial charge < -0.3 is 15.7 Å². The Morgan fingerprint density at radius 2 is 1.93 bits per heavy atom. The van der Waals surface area contributed by atoms with Gasteiger partial charge >= 0.3 is 0 Å². The summed E-state index contributed by atoms with van der Waals surface area (Å²) in [6.45, 7) is 10.6. The maximum atomic E-state index is 12.8. The van der Waals surface area contributed by atoms with Crippen LogP contribution in [-0.2, 0) is 10.2 Å². The average Bonchev–Trinajstić information content (AvgIpc) is 2.98. The maximum Gasteiger partial charge on any atom is 0.237 e. The van der Waals surface area contributed by atoms with Crippen LogP contribution < -0.4 is 10.6 Å². The molecule has 6 heteroatoms. The lowest BCUT2D eigenvalue weighted by atomic mass is 9.70. The van der Waals surface area contributed by atoms with Crippen molar-refractivity contribution in [3.63, 3.8) is 0 Å². The summed E-state index contributed by atoms with van der Waals surface area (Å²) in [4.78, 5) is 12.8. The third-order valence-corrected chi connectivity index (χ3v) is 5.64. The number of aliphatic hydroxyl groups is 1. The second-order valence-corrected chi connectivity index (χ2v) is 10.3. The number of benzene rings is 1. The van der Waals surface area contributed by atoms with Gasteiger partial charge in [0.05, 0.1) is 17.5 Å². The van der Waals surface area contributed by atoms with Gasteiger partial charge in [-0.1, -0.05) is 58.4 Å². The number of nitrogens with zero attached hydrogens (tertiary/aromatic N) is 1. The number of carbonyl (C=O) groups is 1. The number of aliphatic hydroxyl groups excluding tert-OH is 1. The zero-order valence-electron chi connectivity index (χ0n) is 17.5. The first-order valence-corrected chi connectivity index (χ1v) is 10.1. The van der Waals surface area contributed by atoms with Gasteiger partial charge in [0.25, 0.3) is 0 Å². The van der Waals surface area contributed by atoms with Gasteiger partial charge in [-0.05, 0) is 36.0 Å². The van der Waals surface area contributed by atoms with Crippen molar-refractivity contribution < 1.29 is 9.90 Å². The first-order valence-electron chi connectivity index (χ1n) is 9.74. The molecule has 5 nitrogen and oxygen atoms in total. The zero-order valence-corrected chi connectivity index (χ0v) is 18.2. The molecule has 3 N–H and O–H groups in total. The van der Waals surface area contributed by atoms with Gasteiger partial charge in [0.2, 0.25) is 5.91 Å². The van der Waals surface area contributed by atoms with Gasteiger partial charge in [-0.3, -0.25) is 4.79 Å². The largest absolute Gasteiger partial charge is 0.396 e. The summed E-state index contributed by atoms with van der Waals surface area (Å²) in [6.07, 6.45) is 1.16. The second kappa shape index (κ2) is 8.41. The van der Waals surface area contributed by atoms with Crippen molar-refractivity contribution in [2.75, 3.05) is 13.2 Å². The molecule has 1 aliphatic rings. The summed E-state index contributed by atoms with van der Waals surface area (Å²) in [7, 11) is 0. The Morgan fingerprint density at radius 3 is 2.43 bits per heavy atom. The molecule has 1 heterocycles. The second-order valence-electron chi connectivity index (χ2n) is 9.87. The number of rotatable bonds is 6. The predicted molar refractivity (Wildman–Crippen MR) is 112 cm³/mol. The van der Waals surface area contributed by atoms with Crippen LogP contribution in [0.1, 0.15) is 53.0 Å². The summed E-state index contributed by atoms with van der Waals surface area (Å²) in [5.74, 6) is -0.133. The van der Waals surface area contributed by atoms with Crippen LogP contribution in [0.5, 0.6) is 0 Å². The fourth-order valence-corrected chi connectivity index (χ4v) is 3.81. The van der Waals surface area contributed by atoms with Crippen molar-refractivity contribution >= 4 is 17.5 Å². The molecule has 0 saturated carbocycles. The van der Waals surface area contributed by atoms with Gasteiger partial charge in [-0.15, -0.1) is 0 Å².